The quantitative estimate of drug-likeness (QED) is 0.307. The molecule has 0 aliphatic heterocycles. The van der Waals surface area contributed by atoms with Gasteiger partial charge in [0.1, 0.15) is 0 Å². The van der Waals surface area contributed by atoms with Gasteiger partial charge in [0.2, 0.25) is 0 Å². The van der Waals surface area contributed by atoms with Gasteiger partial charge in [-0.3, -0.25) is 12.2 Å². The fraction of sp³-hybridized carbons (Fsp3) is 0.500. The van der Waals surface area contributed by atoms with Gasteiger partial charge in [0.15, 0.2) is 0 Å². The molecule has 0 heterocycles. The van der Waals surface area contributed by atoms with E-state index in [1.165, 1.54) is 0 Å². The summed E-state index contributed by atoms with van der Waals surface area (Å²) in [6, 6.07) is 0. The standard InChI is InChI=1S/2C8H13O3Si.2ClH.Hf/c2*1-9-12(10-2,11-3)8-6-4-5-7-8;;;/h2*4,6H,5H2,1-3H3;2*1H;/q2*-1;;;. The van der Waals surface area contributed by atoms with E-state index in [0.29, 0.717) is 0 Å². The van der Waals surface area contributed by atoms with Gasteiger partial charge in [-0.15, -0.1) is 37.7 Å². The maximum atomic E-state index is 5.26. The van der Waals surface area contributed by atoms with Crippen LogP contribution in [0.15, 0.2) is 34.7 Å². The van der Waals surface area contributed by atoms with Crippen molar-refractivity contribution in [3.63, 3.8) is 0 Å². The second kappa shape index (κ2) is 16.4. The minimum absolute atomic E-state index is 0. The Labute approximate surface area is 196 Å². The zero-order valence-corrected chi connectivity index (χ0v) is 23.7. The van der Waals surface area contributed by atoms with Crippen LogP contribution >= 0.6 is 24.8 Å². The van der Waals surface area contributed by atoms with Crippen LogP contribution in [-0.2, 0) is 52.4 Å². The Morgan fingerprint density at radius 3 is 1.04 bits per heavy atom. The predicted octanol–water partition coefficient (Wildman–Crippen LogP) is 3.03. The van der Waals surface area contributed by atoms with Crippen LogP contribution in [0.3, 0.4) is 0 Å². The molecule has 0 aromatic heterocycles. The summed E-state index contributed by atoms with van der Waals surface area (Å²) in [5.41, 5.74) is 0. The molecule has 2 aliphatic carbocycles. The van der Waals surface area contributed by atoms with Crippen molar-refractivity contribution in [2.75, 3.05) is 42.7 Å². The molecule has 11 heteroatoms. The molecule has 0 radical (unpaired) electrons. The summed E-state index contributed by atoms with van der Waals surface area (Å²) in [6.07, 6.45) is 15.8. The second-order valence-corrected chi connectivity index (χ2v) is 10.5. The van der Waals surface area contributed by atoms with Gasteiger partial charge in [0, 0.05) is 68.5 Å². The van der Waals surface area contributed by atoms with E-state index in [9.17, 15) is 0 Å². The topological polar surface area (TPSA) is 55.4 Å². The Morgan fingerprint density at radius 2 is 0.889 bits per heavy atom. The van der Waals surface area contributed by atoms with E-state index in [2.05, 4.69) is 12.2 Å². The van der Waals surface area contributed by atoms with Gasteiger partial charge in [-0.25, -0.2) is 12.2 Å². The molecule has 0 spiro atoms. The molecule has 2 aliphatic rings. The first-order chi connectivity index (χ1) is 11.6. The van der Waals surface area contributed by atoms with Crippen LogP contribution < -0.4 is 0 Å². The summed E-state index contributed by atoms with van der Waals surface area (Å²) in [5.74, 6) is 0. The van der Waals surface area contributed by atoms with E-state index in [4.69, 9.17) is 26.6 Å². The molecular weight excluding hydrogens is 594 g/mol. The summed E-state index contributed by atoms with van der Waals surface area (Å²) >= 11 is 0. The number of allylic oxidation sites excluding steroid dienone is 8. The number of halogens is 2. The Hall–Kier alpha value is 0.604. The van der Waals surface area contributed by atoms with Crippen LogP contribution in [0.1, 0.15) is 12.8 Å². The van der Waals surface area contributed by atoms with Crippen molar-refractivity contribution in [2.45, 2.75) is 12.8 Å². The minimum Gasteiger partial charge on any atom is -0.375 e. The molecule has 0 N–H and O–H groups in total. The van der Waals surface area contributed by atoms with Crippen molar-refractivity contribution in [1.29, 1.82) is 0 Å². The third-order valence-electron chi connectivity index (χ3n) is 3.66. The molecule has 6 nitrogen and oxygen atoms in total. The van der Waals surface area contributed by atoms with Crippen molar-refractivity contribution in [3.8, 4) is 0 Å². The van der Waals surface area contributed by atoms with E-state index in [0.717, 1.165) is 23.2 Å². The van der Waals surface area contributed by atoms with Crippen molar-refractivity contribution >= 4 is 42.4 Å². The molecule has 2 rings (SSSR count). The normalized spacial score (nSPS) is 14.9. The molecule has 27 heavy (non-hydrogen) atoms. The smallest absolute Gasteiger partial charge is 0.375 e. The Bertz CT molecular complexity index is 459. The van der Waals surface area contributed by atoms with E-state index in [1.54, 1.807) is 42.7 Å². The maximum Gasteiger partial charge on any atom is 0.498 e. The second-order valence-electron chi connectivity index (χ2n) is 4.73. The average Bonchev–Trinajstić information content (AvgIpc) is 3.34. The van der Waals surface area contributed by atoms with Crippen LogP contribution in [0.5, 0.6) is 0 Å². The average molecular weight is 622 g/mol. The van der Waals surface area contributed by atoms with Gasteiger partial charge in [0.05, 0.1) is 0 Å². The zero-order chi connectivity index (χ0) is 18.1. The summed E-state index contributed by atoms with van der Waals surface area (Å²) < 4.78 is 31.6. The fourth-order valence-electron chi connectivity index (χ4n) is 2.39. The van der Waals surface area contributed by atoms with Crippen LogP contribution in [0.25, 0.3) is 0 Å². The summed E-state index contributed by atoms with van der Waals surface area (Å²) in [6.45, 7) is 0. The predicted molar refractivity (Wildman–Crippen MR) is 109 cm³/mol. The molecule has 0 aromatic rings. The number of hydrogen-bond donors (Lipinski definition) is 0. The van der Waals surface area contributed by atoms with E-state index < -0.39 is 17.6 Å². The molecule has 0 aromatic carbocycles. The van der Waals surface area contributed by atoms with Crippen molar-refractivity contribution in [3.05, 3.63) is 46.8 Å². The van der Waals surface area contributed by atoms with Crippen LogP contribution in [0.4, 0.5) is 0 Å². The summed E-state index contributed by atoms with van der Waals surface area (Å²) in [7, 11) is 4.45. The molecule has 0 unspecified atom stereocenters. The first-order valence-electron chi connectivity index (χ1n) is 7.44. The molecule has 0 amide bonds. The summed E-state index contributed by atoms with van der Waals surface area (Å²) in [5, 5.41) is 1.85. The van der Waals surface area contributed by atoms with E-state index in [1.807, 2.05) is 24.3 Å². The summed E-state index contributed by atoms with van der Waals surface area (Å²) in [4.78, 5) is 0. The molecule has 0 saturated heterocycles. The molecule has 156 valence electrons. The van der Waals surface area contributed by atoms with Gasteiger partial charge in [-0.05, 0) is 0 Å². The Morgan fingerprint density at radius 1 is 0.630 bits per heavy atom. The third kappa shape index (κ3) is 8.09. The van der Waals surface area contributed by atoms with Crippen LogP contribution in [-0.4, -0.2) is 60.3 Å². The Kier molecular flexibility index (Phi) is 19.6. The molecular formula is C16H28Cl2HfO6Si2-2. The van der Waals surface area contributed by atoms with Crippen molar-refractivity contribution in [2.24, 2.45) is 0 Å². The number of rotatable bonds is 8. The van der Waals surface area contributed by atoms with Gasteiger partial charge >= 0.3 is 17.6 Å². The van der Waals surface area contributed by atoms with E-state index in [-0.39, 0.29) is 50.7 Å². The molecule has 0 bridgehead atoms. The van der Waals surface area contributed by atoms with Crippen LogP contribution in [0, 0.1) is 12.2 Å². The van der Waals surface area contributed by atoms with Gasteiger partial charge in [-0.2, -0.15) is 22.5 Å². The zero-order valence-electron chi connectivity index (χ0n) is 16.5. The number of hydrogen-bond acceptors (Lipinski definition) is 6. The largest absolute Gasteiger partial charge is 0.498 e. The third-order valence-corrected chi connectivity index (χ3v) is 8.89. The molecule has 0 fully saturated rings. The maximum absolute atomic E-state index is 5.26. The van der Waals surface area contributed by atoms with Gasteiger partial charge < -0.3 is 26.6 Å². The van der Waals surface area contributed by atoms with Crippen molar-refractivity contribution < 1.29 is 52.4 Å². The van der Waals surface area contributed by atoms with Crippen molar-refractivity contribution in [1.82, 2.24) is 0 Å². The van der Waals surface area contributed by atoms with Crippen LogP contribution in [0.2, 0.25) is 0 Å². The first-order valence-corrected chi connectivity index (χ1v) is 10.9. The monoisotopic (exact) mass is 622 g/mol. The Balaban J connectivity index is -0.000000384. The van der Waals surface area contributed by atoms with Gasteiger partial charge in [-0.1, -0.05) is 0 Å². The molecule has 0 atom stereocenters. The van der Waals surface area contributed by atoms with Gasteiger partial charge in [0.25, 0.3) is 0 Å². The van der Waals surface area contributed by atoms with E-state index >= 15 is 0 Å². The first kappa shape index (κ1) is 32.3. The minimum atomic E-state index is -2.57. The molecule has 0 saturated carbocycles. The SMILES string of the molecule is CO[Si](OC)(OC)C1=[C-]CC=C1.CO[Si](OC)(OC)C1=[C-]CC=C1.Cl.Cl.[Hf]. The fourth-order valence-corrected chi connectivity index (χ4v) is 5.99.